The molecule has 3 nitrogen and oxygen atoms in total. The summed E-state index contributed by atoms with van der Waals surface area (Å²) in [5.74, 6) is 0. The van der Waals surface area contributed by atoms with Gasteiger partial charge < -0.3 is 14.5 Å². The molecule has 1 aliphatic heterocycles. The van der Waals surface area contributed by atoms with Crippen molar-refractivity contribution in [3.8, 4) is 0 Å². The van der Waals surface area contributed by atoms with Gasteiger partial charge in [0.15, 0.2) is 0 Å². The number of halogens is 1. The fourth-order valence-corrected chi connectivity index (χ4v) is 1.16. The topological polar surface area (TPSA) is 15.7 Å². The van der Waals surface area contributed by atoms with E-state index in [1.54, 1.807) is 7.11 Å². The minimum absolute atomic E-state index is 0.779. The zero-order valence-corrected chi connectivity index (χ0v) is 10.8. The molecule has 0 bridgehead atoms. The average molecular weight is 313 g/mol. The Balaban J connectivity index is 0.000000791. The third-order valence-corrected chi connectivity index (χ3v) is 1.78. The van der Waals surface area contributed by atoms with E-state index in [0.29, 0.717) is 0 Å². The molecule has 5 heteroatoms. The number of hydrogen-bond donors (Lipinski definition) is 0. The monoisotopic (exact) mass is 311 g/mol. The molecule has 0 fully saturated rings. The summed E-state index contributed by atoms with van der Waals surface area (Å²) in [5.41, 5.74) is 0. The standard InChI is InChI=1S/C9H17N2O.Ag.ClH/c1-3-4-10-5-6-11(9-10)7-8-12-2;;/h5-6,9H,3-4,7-8H2,1-2H3;;1H/q-1;+1;/p-1. The van der Waals surface area contributed by atoms with E-state index in [0.717, 1.165) is 19.7 Å². The molecule has 1 heterocycles. The predicted octanol–water partition coefficient (Wildman–Crippen LogP) is 1.94. The summed E-state index contributed by atoms with van der Waals surface area (Å²) in [6.07, 6.45) is 5.35. The van der Waals surface area contributed by atoms with Crippen LogP contribution in [0.3, 0.4) is 0 Å². The maximum absolute atomic E-state index is 4.98. The third kappa shape index (κ3) is 5.94. The van der Waals surface area contributed by atoms with Crippen LogP contribution in [0.4, 0.5) is 0 Å². The molecule has 0 saturated heterocycles. The number of rotatable bonds is 5. The van der Waals surface area contributed by atoms with Gasteiger partial charge in [0.05, 0.1) is 6.61 Å². The van der Waals surface area contributed by atoms with Crippen molar-refractivity contribution in [3.63, 3.8) is 0 Å². The van der Waals surface area contributed by atoms with Crippen LogP contribution in [0, 0.1) is 6.67 Å². The van der Waals surface area contributed by atoms with Gasteiger partial charge in [0.2, 0.25) is 0 Å². The number of hydrogen-bond acceptors (Lipinski definition) is 3. The summed E-state index contributed by atoms with van der Waals surface area (Å²) in [5, 5.41) is 0. The van der Waals surface area contributed by atoms with E-state index in [1.165, 1.54) is 6.42 Å². The summed E-state index contributed by atoms with van der Waals surface area (Å²) in [4.78, 5) is 4.33. The van der Waals surface area contributed by atoms with Gasteiger partial charge in [0, 0.05) is 13.7 Å². The first-order valence-electron chi connectivity index (χ1n) is 4.52. The molecule has 1 rings (SSSR count). The number of methoxy groups -OCH3 is 1. The first kappa shape index (κ1) is 14.3. The molecular weight excluding hydrogens is 295 g/mol. The molecule has 0 unspecified atom stereocenters. The van der Waals surface area contributed by atoms with E-state index in [1.807, 2.05) is 0 Å². The van der Waals surface area contributed by atoms with Gasteiger partial charge in [-0.2, -0.15) is 6.67 Å². The molecule has 0 saturated carbocycles. The van der Waals surface area contributed by atoms with Crippen LogP contribution in [0.25, 0.3) is 0 Å². The summed E-state index contributed by atoms with van der Waals surface area (Å²) in [7, 11) is 6.17. The second kappa shape index (κ2) is 9.87. The normalized spacial score (nSPS) is 14.4. The molecule has 0 atom stereocenters. The molecule has 14 heavy (non-hydrogen) atoms. The van der Waals surface area contributed by atoms with Crippen molar-refractivity contribution in [2.75, 3.05) is 26.8 Å². The molecule has 0 aliphatic carbocycles. The molecular formula is C9H17AgClN2O-. The second-order valence-electron chi connectivity index (χ2n) is 2.88. The van der Waals surface area contributed by atoms with Crippen LogP contribution < -0.4 is 0 Å². The Morgan fingerprint density at radius 1 is 1.29 bits per heavy atom. The van der Waals surface area contributed by atoms with Crippen LogP contribution in [-0.4, -0.2) is 36.6 Å². The van der Waals surface area contributed by atoms with Gasteiger partial charge in [-0.1, -0.05) is 6.92 Å². The summed E-state index contributed by atoms with van der Waals surface area (Å²) in [6.45, 7) is 7.11. The molecule has 0 aromatic heterocycles. The van der Waals surface area contributed by atoms with Crippen LogP contribution >= 0.6 is 9.19 Å². The molecule has 88 valence electrons. The van der Waals surface area contributed by atoms with Crippen LogP contribution in [0.15, 0.2) is 12.4 Å². The van der Waals surface area contributed by atoms with Crippen molar-refractivity contribution in [2.45, 2.75) is 13.3 Å². The Kier molecular flexibility index (Phi) is 10.1. The first-order chi connectivity index (χ1) is 6.86. The van der Waals surface area contributed by atoms with Crippen molar-refractivity contribution in [3.05, 3.63) is 19.1 Å². The van der Waals surface area contributed by atoms with Crippen LogP contribution in [0.5, 0.6) is 0 Å². The Labute approximate surface area is 103 Å². The van der Waals surface area contributed by atoms with Gasteiger partial charge in [0.25, 0.3) is 0 Å². The van der Waals surface area contributed by atoms with Gasteiger partial charge in [-0.05, 0) is 25.4 Å². The SMILES string of the molecule is CCCN1C=CN(CCOC)[CH-]1.[Cl][Ag]. The van der Waals surface area contributed by atoms with Gasteiger partial charge in [-0.15, -0.1) is 0 Å². The Morgan fingerprint density at radius 3 is 2.36 bits per heavy atom. The van der Waals surface area contributed by atoms with Gasteiger partial charge >= 0.3 is 29.2 Å². The Hall–Kier alpha value is 0.330. The quantitative estimate of drug-likeness (QED) is 0.570. The number of nitrogens with zero attached hydrogens (tertiary/aromatic N) is 2. The van der Waals surface area contributed by atoms with E-state index in [2.05, 4.69) is 65.0 Å². The predicted molar refractivity (Wildman–Crippen MR) is 54.9 cm³/mol. The second-order valence-corrected chi connectivity index (χ2v) is 2.88. The first-order valence-corrected chi connectivity index (χ1v) is 6.43. The van der Waals surface area contributed by atoms with E-state index in [-0.39, 0.29) is 0 Å². The Morgan fingerprint density at radius 2 is 1.86 bits per heavy atom. The van der Waals surface area contributed by atoms with Gasteiger partial charge in [-0.25, -0.2) is 0 Å². The number of ether oxygens (including phenoxy) is 1. The van der Waals surface area contributed by atoms with Crippen molar-refractivity contribution in [1.82, 2.24) is 9.80 Å². The van der Waals surface area contributed by atoms with E-state index in [4.69, 9.17) is 4.74 Å². The van der Waals surface area contributed by atoms with E-state index in [9.17, 15) is 0 Å². The molecule has 0 spiro atoms. The molecule has 0 aromatic carbocycles. The molecule has 1 aliphatic rings. The fourth-order valence-electron chi connectivity index (χ4n) is 1.16. The zero-order valence-electron chi connectivity index (χ0n) is 8.54. The fraction of sp³-hybridized carbons (Fsp3) is 0.667. The van der Waals surface area contributed by atoms with Crippen molar-refractivity contribution < 1.29 is 24.7 Å². The van der Waals surface area contributed by atoms with E-state index >= 15 is 0 Å². The molecule has 0 N–H and O–H groups in total. The van der Waals surface area contributed by atoms with Crippen LogP contribution in [0.2, 0.25) is 0 Å². The molecule has 0 aromatic rings. The Bertz CT molecular complexity index is 158. The van der Waals surface area contributed by atoms with Crippen molar-refractivity contribution in [1.29, 1.82) is 0 Å². The third-order valence-electron chi connectivity index (χ3n) is 1.78. The van der Waals surface area contributed by atoms with Gasteiger partial charge in [0.1, 0.15) is 0 Å². The summed E-state index contributed by atoms with van der Waals surface area (Å²) < 4.78 is 4.98. The zero-order chi connectivity index (χ0) is 10.8. The maximum atomic E-state index is 4.98. The molecule has 0 radical (unpaired) electrons. The summed E-state index contributed by atoms with van der Waals surface area (Å²) in [6, 6.07) is 0. The molecule has 0 amide bonds. The van der Waals surface area contributed by atoms with Crippen LogP contribution in [0.1, 0.15) is 13.3 Å². The van der Waals surface area contributed by atoms with E-state index < -0.39 is 0 Å². The van der Waals surface area contributed by atoms with Gasteiger partial charge in [-0.3, -0.25) is 0 Å². The summed E-state index contributed by atoms with van der Waals surface area (Å²) >= 11 is 2.42. The van der Waals surface area contributed by atoms with Crippen LogP contribution in [-0.2, 0) is 24.7 Å². The average Bonchev–Trinajstić information content (AvgIpc) is 2.66. The van der Waals surface area contributed by atoms with Crippen molar-refractivity contribution in [2.24, 2.45) is 0 Å². The van der Waals surface area contributed by atoms with Crippen molar-refractivity contribution >= 4 is 9.19 Å². The minimum atomic E-state index is 0.779.